The molecule has 3 aromatic rings. The van der Waals surface area contributed by atoms with Gasteiger partial charge in [0.05, 0.1) is 6.21 Å². The number of benzene rings is 2. The van der Waals surface area contributed by atoms with Gasteiger partial charge in [0, 0.05) is 10.6 Å². The SMILES string of the molecule is CC(C)c1ccc(-c2noc(CO/N=C\c3ccc(Cl)cc3)n2)cc1. The highest BCUT2D eigenvalue weighted by Crippen LogP contribution is 2.20. The van der Waals surface area contributed by atoms with Crippen LogP contribution < -0.4 is 0 Å². The summed E-state index contributed by atoms with van der Waals surface area (Å²) in [5, 5.41) is 8.54. The van der Waals surface area contributed by atoms with Crippen LogP contribution in [-0.2, 0) is 11.4 Å². The quantitative estimate of drug-likeness (QED) is 0.457. The van der Waals surface area contributed by atoms with E-state index < -0.39 is 0 Å². The van der Waals surface area contributed by atoms with Crippen LogP contribution in [0.15, 0.2) is 58.2 Å². The first-order valence-corrected chi connectivity index (χ1v) is 8.33. The summed E-state index contributed by atoms with van der Waals surface area (Å²) >= 11 is 5.83. The van der Waals surface area contributed by atoms with Gasteiger partial charge in [-0.2, -0.15) is 4.98 Å². The second-order valence-corrected chi connectivity index (χ2v) is 6.28. The van der Waals surface area contributed by atoms with E-state index in [-0.39, 0.29) is 6.61 Å². The third-order valence-corrected chi connectivity index (χ3v) is 3.89. The molecule has 0 aliphatic heterocycles. The molecule has 0 spiro atoms. The highest BCUT2D eigenvalue weighted by atomic mass is 35.5. The Labute approximate surface area is 151 Å². The Kier molecular flexibility index (Phi) is 5.46. The van der Waals surface area contributed by atoms with Gasteiger partial charge >= 0.3 is 0 Å². The molecule has 1 heterocycles. The zero-order valence-electron chi connectivity index (χ0n) is 14.0. The summed E-state index contributed by atoms with van der Waals surface area (Å²) in [6.45, 7) is 4.42. The largest absolute Gasteiger partial charge is 0.386 e. The molecule has 1 aromatic heterocycles. The summed E-state index contributed by atoms with van der Waals surface area (Å²) < 4.78 is 5.19. The first kappa shape index (κ1) is 17.2. The number of oxime groups is 1. The van der Waals surface area contributed by atoms with Crippen LogP contribution in [0.3, 0.4) is 0 Å². The van der Waals surface area contributed by atoms with Gasteiger partial charge in [0.15, 0.2) is 6.61 Å². The molecular formula is C19H18ClN3O2. The van der Waals surface area contributed by atoms with E-state index in [4.69, 9.17) is 21.0 Å². The highest BCUT2D eigenvalue weighted by Gasteiger charge is 2.09. The van der Waals surface area contributed by atoms with Crippen LogP contribution in [0, 0.1) is 0 Å². The van der Waals surface area contributed by atoms with Gasteiger partial charge in [-0.3, -0.25) is 0 Å². The van der Waals surface area contributed by atoms with Crippen molar-refractivity contribution in [3.63, 3.8) is 0 Å². The van der Waals surface area contributed by atoms with Gasteiger partial charge in [0.2, 0.25) is 5.82 Å². The van der Waals surface area contributed by atoms with Crippen LogP contribution >= 0.6 is 11.6 Å². The summed E-state index contributed by atoms with van der Waals surface area (Å²) in [5.74, 6) is 1.40. The van der Waals surface area contributed by atoms with Crippen LogP contribution in [0.25, 0.3) is 11.4 Å². The first-order valence-electron chi connectivity index (χ1n) is 7.95. The Morgan fingerprint density at radius 2 is 1.84 bits per heavy atom. The molecule has 0 fully saturated rings. The average molecular weight is 356 g/mol. The predicted octanol–water partition coefficient (Wildman–Crippen LogP) is 5.06. The van der Waals surface area contributed by atoms with E-state index >= 15 is 0 Å². The Morgan fingerprint density at radius 3 is 2.52 bits per heavy atom. The summed E-state index contributed by atoms with van der Waals surface area (Å²) in [4.78, 5) is 9.51. The minimum absolute atomic E-state index is 0.112. The van der Waals surface area contributed by atoms with Crippen molar-refractivity contribution in [1.29, 1.82) is 0 Å². The van der Waals surface area contributed by atoms with Crippen molar-refractivity contribution in [3.05, 3.63) is 70.6 Å². The highest BCUT2D eigenvalue weighted by molar-refractivity contribution is 6.30. The molecule has 0 radical (unpaired) electrons. The maximum absolute atomic E-state index is 5.83. The Morgan fingerprint density at radius 1 is 1.12 bits per heavy atom. The number of hydrogen-bond acceptors (Lipinski definition) is 5. The van der Waals surface area contributed by atoms with Gasteiger partial charge in [-0.15, -0.1) is 0 Å². The third-order valence-electron chi connectivity index (χ3n) is 3.64. The molecule has 128 valence electrons. The molecule has 0 bridgehead atoms. The summed E-state index contributed by atoms with van der Waals surface area (Å²) in [6, 6.07) is 15.4. The van der Waals surface area contributed by atoms with Gasteiger partial charge in [0.1, 0.15) is 0 Å². The summed E-state index contributed by atoms with van der Waals surface area (Å²) in [5.41, 5.74) is 3.07. The Hall–Kier alpha value is -2.66. The lowest BCUT2D eigenvalue weighted by molar-refractivity contribution is 0.107. The van der Waals surface area contributed by atoms with Crippen molar-refractivity contribution in [1.82, 2.24) is 10.1 Å². The van der Waals surface area contributed by atoms with Crippen LogP contribution in [0.2, 0.25) is 5.02 Å². The summed E-state index contributed by atoms with van der Waals surface area (Å²) in [7, 11) is 0. The zero-order chi connectivity index (χ0) is 17.6. The van der Waals surface area contributed by atoms with E-state index in [2.05, 4.69) is 41.3 Å². The molecule has 0 N–H and O–H groups in total. The molecule has 0 amide bonds. The first-order chi connectivity index (χ1) is 12.1. The minimum Gasteiger partial charge on any atom is -0.386 e. The fraction of sp³-hybridized carbons (Fsp3) is 0.211. The van der Waals surface area contributed by atoms with E-state index in [1.807, 2.05) is 24.3 Å². The molecule has 25 heavy (non-hydrogen) atoms. The van der Waals surface area contributed by atoms with Crippen molar-refractivity contribution >= 4 is 17.8 Å². The van der Waals surface area contributed by atoms with E-state index in [1.54, 1.807) is 18.3 Å². The van der Waals surface area contributed by atoms with Crippen LogP contribution in [0.4, 0.5) is 0 Å². The van der Waals surface area contributed by atoms with Crippen molar-refractivity contribution < 1.29 is 9.36 Å². The van der Waals surface area contributed by atoms with Gasteiger partial charge < -0.3 is 9.36 Å². The zero-order valence-corrected chi connectivity index (χ0v) is 14.8. The van der Waals surface area contributed by atoms with E-state index in [1.165, 1.54) is 5.56 Å². The second kappa shape index (κ2) is 7.94. The molecule has 0 aliphatic rings. The number of halogens is 1. The molecule has 6 heteroatoms. The van der Waals surface area contributed by atoms with E-state index in [9.17, 15) is 0 Å². The summed E-state index contributed by atoms with van der Waals surface area (Å²) in [6.07, 6.45) is 1.60. The second-order valence-electron chi connectivity index (χ2n) is 5.85. The number of rotatable bonds is 6. The van der Waals surface area contributed by atoms with E-state index in [0.29, 0.717) is 22.7 Å². The lowest BCUT2D eigenvalue weighted by Gasteiger charge is -2.04. The normalized spacial score (nSPS) is 11.4. The molecule has 2 aromatic carbocycles. The van der Waals surface area contributed by atoms with Crippen LogP contribution in [0.5, 0.6) is 0 Å². The minimum atomic E-state index is 0.112. The molecule has 0 atom stereocenters. The molecule has 5 nitrogen and oxygen atoms in total. The molecule has 0 aliphatic carbocycles. The third kappa shape index (κ3) is 4.67. The van der Waals surface area contributed by atoms with Crippen molar-refractivity contribution in [2.75, 3.05) is 0 Å². The van der Waals surface area contributed by atoms with Crippen molar-refractivity contribution in [2.24, 2.45) is 5.16 Å². The molecule has 0 unspecified atom stereocenters. The monoisotopic (exact) mass is 355 g/mol. The fourth-order valence-corrected chi connectivity index (χ4v) is 2.31. The maximum Gasteiger partial charge on any atom is 0.267 e. The van der Waals surface area contributed by atoms with Gasteiger partial charge in [-0.05, 0) is 29.2 Å². The van der Waals surface area contributed by atoms with Crippen LogP contribution in [0.1, 0.15) is 36.8 Å². The Balaban J connectivity index is 1.57. The fourth-order valence-electron chi connectivity index (χ4n) is 2.19. The van der Waals surface area contributed by atoms with Crippen molar-refractivity contribution in [2.45, 2.75) is 26.4 Å². The molecular weight excluding hydrogens is 338 g/mol. The van der Waals surface area contributed by atoms with Gasteiger partial charge in [0.25, 0.3) is 5.89 Å². The molecule has 3 rings (SSSR count). The number of nitrogens with zero attached hydrogens (tertiary/aromatic N) is 3. The van der Waals surface area contributed by atoms with Gasteiger partial charge in [-0.1, -0.05) is 72.2 Å². The predicted molar refractivity (Wildman–Crippen MR) is 97.7 cm³/mol. The topological polar surface area (TPSA) is 60.5 Å². The Bertz CT molecular complexity index is 840. The van der Waals surface area contributed by atoms with Gasteiger partial charge in [-0.25, -0.2) is 0 Å². The van der Waals surface area contributed by atoms with Crippen LogP contribution in [-0.4, -0.2) is 16.4 Å². The standard InChI is InChI=1S/C19H18ClN3O2/c1-13(2)15-5-7-16(8-6-15)19-22-18(25-23-19)12-24-21-11-14-3-9-17(20)10-4-14/h3-11,13H,12H2,1-2H3/b21-11-. The number of hydrogen-bond donors (Lipinski definition) is 0. The molecule has 0 saturated carbocycles. The van der Waals surface area contributed by atoms with E-state index in [0.717, 1.165) is 11.1 Å². The lowest BCUT2D eigenvalue weighted by atomic mass is 10.0. The maximum atomic E-state index is 5.83. The average Bonchev–Trinajstić information content (AvgIpc) is 3.09. The molecule has 0 saturated heterocycles. The lowest BCUT2D eigenvalue weighted by Crippen LogP contribution is -1.90. The smallest absolute Gasteiger partial charge is 0.267 e. The van der Waals surface area contributed by atoms with Crippen molar-refractivity contribution in [3.8, 4) is 11.4 Å². The number of aromatic nitrogens is 2.